The summed E-state index contributed by atoms with van der Waals surface area (Å²) in [5, 5.41) is 3.31. The Labute approximate surface area is 113 Å². The van der Waals surface area contributed by atoms with Crippen LogP contribution in [0.25, 0.3) is 0 Å². The molecule has 3 rings (SSSR count). The maximum Gasteiger partial charge on any atom is 0.0948 e. The number of hydrogen-bond donors (Lipinski definition) is 1. The summed E-state index contributed by atoms with van der Waals surface area (Å²) in [6.07, 6.45) is 5.05. The molecule has 0 spiro atoms. The second-order valence-corrected chi connectivity index (χ2v) is 6.87. The number of nitrogens with one attached hydrogen (secondary N) is 1. The first-order chi connectivity index (χ1) is 8.33. The van der Waals surface area contributed by atoms with E-state index in [0.29, 0.717) is 5.92 Å². The van der Waals surface area contributed by atoms with Gasteiger partial charge in [0.1, 0.15) is 0 Å². The van der Waals surface area contributed by atoms with Crippen LogP contribution in [0.2, 0.25) is 0 Å². The van der Waals surface area contributed by atoms with Crippen LogP contribution in [0.5, 0.6) is 0 Å². The molecule has 1 aliphatic heterocycles. The highest BCUT2D eigenvalue weighted by atomic mass is 79.9. The Morgan fingerprint density at radius 1 is 1.47 bits per heavy atom. The molecule has 0 bridgehead atoms. The van der Waals surface area contributed by atoms with E-state index in [1.54, 1.807) is 0 Å². The van der Waals surface area contributed by atoms with Gasteiger partial charge in [0.2, 0.25) is 0 Å². The predicted molar refractivity (Wildman–Crippen MR) is 73.6 cm³/mol. The molecule has 0 amide bonds. The number of aromatic nitrogens is 2. The van der Waals surface area contributed by atoms with Crippen molar-refractivity contribution in [3.8, 4) is 0 Å². The van der Waals surface area contributed by atoms with Crippen molar-refractivity contribution in [1.82, 2.24) is 14.9 Å². The van der Waals surface area contributed by atoms with E-state index < -0.39 is 0 Å². The van der Waals surface area contributed by atoms with Gasteiger partial charge in [0.15, 0.2) is 0 Å². The summed E-state index contributed by atoms with van der Waals surface area (Å²) < 4.78 is 3.50. The highest BCUT2D eigenvalue weighted by Gasteiger charge is 2.22. The molecular formula is C12H14BrN3S. The van der Waals surface area contributed by atoms with E-state index in [-0.39, 0.29) is 0 Å². The minimum Gasteiger partial charge on any atom is -0.334 e. The van der Waals surface area contributed by atoms with Crippen molar-refractivity contribution in [3.63, 3.8) is 0 Å². The van der Waals surface area contributed by atoms with E-state index in [1.165, 1.54) is 14.4 Å². The highest BCUT2D eigenvalue weighted by Crippen LogP contribution is 2.24. The summed E-state index contributed by atoms with van der Waals surface area (Å²) in [4.78, 5) is 5.69. The van der Waals surface area contributed by atoms with Crippen molar-refractivity contribution in [2.24, 2.45) is 0 Å². The number of nitrogens with zero attached hydrogens (tertiary/aromatic N) is 2. The van der Waals surface area contributed by atoms with Gasteiger partial charge in [-0.3, -0.25) is 0 Å². The lowest BCUT2D eigenvalue weighted by atomic mass is 10.00. The number of aryl methyl sites for hydroxylation is 2. The molecule has 1 saturated heterocycles. The molecule has 17 heavy (non-hydrogen) atoms. The van der Waals surface area contributed by atoms with Crippen LogP contribution < -0.4 is 5.32 Å². The molecular weight excluding hydrogens is 298 g/mol. The van der Waals surface area contributed by atoms with Crippen molar-refractivity contribution in [3.05, 3.63) is 39.0 Å². The molecule has 5 heteroatoms. The average molecular weight is 312 g/mol. The zero-order valence-corrected chi connectivity index (χ0v) is 11.8. The van der Waals surface area contributed by atoms with Gasteiger partial charge in [-0.15, -0.1) is 11.3 Å². The molecule has 1 aliphatic rings. The van der Waals surface area contributed by atoms with Crippen LogP contribution in [0, 0.1) is 0 Å². The number of thiophene rings is 1. The van der Waals surface area contributed by atoms with Crippen molar-refractivity contribution in [2.45, 2.75) is 18.9 Å². The molecule has 0 unspecified atom stereocenters. The van der Waals surface area contributed by atoms with Gasteiger partial charge in [0, 0.05) is 42.3 Å². The third-order valence-corrected chi connectivity index (χ3v) is 4.86. The molecule has 2 aromatic heterocycles. The topological polar surface area (TPSA) is 29.9 Å². The van der Waals surface area contributed by atoms with Gasteiger partial charge in [-0.1, -0.05) is 0 Å². The first kappa shape index (κ1) is 11.4. The predicted octanol–water partition coefficient (Wildman–Crippen LogP) is 2.64. The SMILES string of the molecule is Brc1ccc(CCn2cncc2C2CNC2)s1. The normalized spacial score (nSPS) is 16.1. The first-order valence-electron chi connectivity index (χ1n) is 5.78. The number of hydrogen-bond acceptors (Lipinski definition) is 3. The molecule has 0 aliphatic carbocycles. The van der Waals surface area contributed by atoms with Crippen LogP contribution in [0.3, 0.4) is 0 Å². The minimum atomic E-state index is 0.660. The third-order valence-electron chi connectivity index (χ3n) is 3.17. The lowest BCUT2D eigenvalue weighted by Gasteiger charge is -2.27. The fourth-order valence-electron chi connectivity index (χ4n) is 2.07. The smallest absolute Gasteiger partial charge is 0.0948 e. The Morgan fingerprint density at radius 2 is 2.35 bits per heavy atom. The zero-order valence-electron chi connectivity index (χ0n) is 9.40. The van der Waals surface area contributed by atoms with Gasteiger partial charge in [-0.2, -0.15) is 0 Å². The highest BCUT2D eigenvalue weighted by molar-refractivity contribution is 9.11. The van der Waals surface area contributed by atoms with Crippen molar-refractivity contribution in [1.29, 1.82) is 0 Å². The Balaban J connectivity index is 1.66. The minimum absolute atomic E-state index is 0.660. The van der Waals surface area contributed by atoms with Crippen LogP contribution >= 0.6 is 27.3 Å². The largest absolute Gasteiger partial charge is 0.334 e. The third kappa shape index (κ3) is 2.46. The monoisotopic (exact) mass is 311 g/mol. The van der Waals surface area contributed by atoms with Gasteiger partial charge >= 0.3 is 0 Å². The fourth-order valence-corrected chi connectivity index (χ4v) is 3.54. The number of rotatable bonds is 4. The Hall–Kier alpha value is -0.650. The van der Waals surface area contributed by atoms with E-state index in [1.807, 2.05) is 23.9 Å². The van der Waals surface area contributed by atoms with Crippen LogP contribution in [0.1, 0.15) is 16.5 Å². The van der Waals surface area contributed by atoms with Crippen molar-refractivity contribution >= 4 is 27.3 Å². The van der Waals surface area contributed by atoms with Gasteiger partial charge in [0.05, 0.1) is 10.1 Å². The first-order valence-corrected chi connectivity index (χ1v) is 7.39. The van der Waals surface area contributed by atoms with Crippen LogP contribution in [0.15, 0.2) is 28.4 Å². The summed E-state index contributed by atoms with van der Waals surface area (Å²) in [7, 11) is 0. The lowest BCUT2D eigenvalue weighted by Crippen LogP contribution is -2.40. The lowest BCUT2D eigenvalue weighted by molar-refractivity contribution is 0.423. The summed E-state index contributed by atoms with van der Waals surface area (Å²) >= 11 is 5.31. The molecule has 0 saturated carbocycles. The van der Waals surface area contributed by atoms with Gasteiger partial charge in [0.25, 0.3) is 0 Å². The van der Waals surface area contributed by atoms with E-state index in [0.717, 1.165) is 26.1 Å². The second kappa shape index (κ2) is 4.92. The van der Waals surface area contributed by atoms with Crippen molar-refractivity contribution in [2.75, 3.05) is 13.1 Å². The maximum absolute atomic E-state index is 4.27. The van der Waals surface area contributed by atoms with Gasteiger partial charge in [-0.05, 0) is 34.5 Å². The van der Waals surface area contributed by atoms with Crippen LogP contribution in [-0.2, 0) is 13.0 Å². The maximum atomic E-state index is 4.27. The Kier molecular flexibility index (Phi) is 3.31. The Bertz CT molecular complexity index is 501. The molecule has 0 aromatic carbocycles. The summed E-state index contributed by atoms with van der Waals surface area (Å²) in [5.41, 5.74) is 1.37. The molecule has 3 heterocycles. The van der Waals surface area contributed by atoms with Gasteiger partial charge in [-0.25, -0.2) is 4.98 Å². The van der Waals surface area contributed by atoms with E-state index in [2.05, 4.69) is 42.9 Å². The second-order valence-electron chi connectivity index (χ2n) is 4.32. The van der Waals surface area contributed by atoms with Crippen LogP contribution in [0.4, 0.5) is 0 Å². The molecule has 1 N–H and O–H groups in total. The summed E-state index contributed by atoms with van der Waals surface area (Å²) in [6, 6.07) is 4.31. The van der Waals surface area contributed by atoms with Crippen LogP contribution in [-0.4, -0.2) is 22.6 Å². The summed E-state index contributed by atoms with van der Waals surface area (Å²) in [5.74, 6) is 0.660. The standard InChI is InChI=1S/C12H14BrN3S/c13-12-2-1-10(17-12)3-4-16-8-15-7-11(16)9-5-14-6-9/h1-2,7-9,14H,3-6H2. The van der Waals surface area contributed by atoms with Crippen molar-refractivity contribution < 1.29 is 0 Å². The number of halogens is 1. The van der Waals surface area contributed by atoms with E-state index in [9.17, 15) is 0 Å². The fraction of sp³-hybridized carbons (Fsp3) is 0.417. The molecule has 3 nitrogen and oxygen atoms in total. The Morgan fingerprint density at radius 3 is 3.00 bits per heavy atom. The molecule has 0 radical (unpaired) electrons. The molecule has 2 aromatic rings. The molecule has 1 fully saturated rings. The molecule has 0 atom stereocenters. The van der Waals surface area contributed by atoms with E-state index >= 15 is 0 Å². The summed E-state index contributed by atoms with van der Waals surface area (Å²) in [6.45, 7) is 3.21. The zero-order chi connectivity index (χ0) is 11.7. The quantitative estimate of drug-likeness (QED) is 0.940. The average Bonchev–Trinajstić information content (AvgIpc) is 2.82. The molecule has 90 valence electrons. The number of imidazole rings is 1. The van der Waals surface area contributed by atoms with Gasteiger partial charge < -0.3 is 9.88 Å². The van der Waals surface area contributed by atoms with E-state index in [4.69, 9.17) is 0 Å².